The van der Waals surface area contributed by atoms with Gasteiger partial charge >= 0.3 is 0 Å². The fourth-order valence-corrected chi connectivity index (χ4v) is 2.06. The number of aryl methyl sites for hydroxylation is 2. The Hall–Kier alpha value is -1.60. The van der Waals surface area contributed by atoms with Crippen molar-refractivity contribution in [1.29, 1.82) is 5.26 Å². The number of nitrogens with two attached hydrogens (primary N) is 1. The van der Waals surface area contributed by atoms with Crippen LogP contribution in [0.2, 0.25) is 0 Å². The molecule has 2 N–H and O–H groups in total. The Kier molecular flexibility index (Phi) is 3.53. The van der Waals surface area contributed by atoms with Crippen molar-refractivity contribution in [2.75, 3.05) is 6.61 Å². The quantitative estimate of drug-likeness (QED) is 0.883. The van der Waals surface area contributed by atoms with Gasteiger partial charge in [-0.2, -0.15) is 5.26 Å². The molecule has 0 bridgehead atoms. The van der Waals surface area contributed by atoms with Crippen LogP contribution in [-0.2, 0) is 12.8 Å². The van der Waals surface area contributed by atoms with Gasteiger partial charge in [-0.15, -0.1) is 0 Å². The van der Waals surface area contributed by atoms with Crippen molar-refractivity contribution in [2.45, 2.75) is 45.1 Å². The molecule has 0 spiro atoms. The first-order valence-electron chi connectivity index (χ1n) is 6.34. The van der Waals surface area contributed by atoms with Gasteiger partial charge in [0.25, 0.3) is 0 Å². The second kappa shape index (κ2) is 4.95. The minimum Gasteiger partial charge on any atom is -0.475 e. The van der Waals surface area contributed by atoms with E-state index in [0.717, 1.165) is 25.0 Å². The summed E-state index contributed by atoms with van der Waals surface area (Å²) in [5.74, 6) is 0.427. The van der Waals surface area contributed by atoms with E-state index in [-0.39, 0.29) is 0 Å². The highest BCUT2D eigenvalue weighted by molar-refractivity contribution is 5.43. The fourth-order valence-electron chi connectivity index (χ4n) is 2.06. The molecule has 4 nitrogen and oxygen atoms in total. The molecular formula is C14H19N3O. The van der Waals surface area contributed by atoms with Gasteiger partial charge in [0.15, 0.2) is 0 Å². The summed E-state index contributed by atoms with van der Waals surface area (Å²) >= 11 is 0. The van der Waals surface area contributed by atoms with Crippen molar-refractivity contribution in [3.8, 4) is 11.9 Å². The number of rotatable bonds is 3. The lowest BCUT2D eigenvalue weighted by atomic mass is 9.95. The molecule has 1 heterocycles. The Bertz CT molecular complexity index is 483. The van der Waals surface area contributed by atoms with E-state index in [4.69, 9.17) is 15.7 Å². The standard InChI is InChI=1S/C14H19N3O/c1-14(2,16)9-18-13-11(8-15)7-10-5-3-4-6-12(10)17-13/h7H,3-6,9,16H2,1-2H3. The Balaban J connectivity index is 2.26. The van der Waals surface area contributed by atoms with E-state index in [1.165, 1.54) is 12.0 Å². The van der Waals surface area contributed by atoms with E-state index >= 15 is 0 Å². The number of ether oxygens (including phenoxy) is 1. The van der Waals surface area contributed by atoms with Crippen LogP contribution in [0.1, 0.15) is 43.5 Å². The van der Waals surface area contributed by atoms with Crippen molar-refractivity contribution in [3.63, 3.8) is 0 Å². The fraction of sp³-hybridized carbons (Fsp3) is 0.571. The largest absolute Gasteiger partial charge is 0.475 e. The third-order valence-electron chi connectivity index (χ3n) is 2.97. The van der Waals surface area contributed by atoms with Crippen molar-refractivity contribution in [3.05, 3.63) is 22.9 Å². The predicted octanol–water partition coefficient (Wildman–Crippen LogP) is 1.95. The van der Waals surface area contributed by atoms with Gasteiger partial charge in [0.05, 0.1) is 0 Å². The van der Waals surface area contributed by atoms with Gasteiger partial charge in [0.1, 0.15) is 18.2 Å². The molecular weight excluding hydrogens is 226 g/mol. The molecule has 0 radical (unpaired) electrons. The van der Waals surface area contributed by atoms with E-state index < -0.39 is 5.54 Å². The summed E-state index contributed by atoms with van der Waals surface area (Å²) in [5.41, 5.74) is 8.23. The van der Waals surface area contributed by atoms with E-state index in [9.17, 15) is 0 Å². The molecule has 18 heavy (non-hydrogen) atoms. The molecule has 1 aromatic heterocycles. The summed E-state index contributed by atoms with van der Waals surface area (Å²) in [6, 6.07) is 4.07. The van der Waals surface area contributed by atoms with Crippen molar-refractivity contribution in [2.24, 2.45) is 5.73 Å². The van der Waals surface area contributed by atoms with Crippen molar-refractivity contribution in [1.82, 2.24) is 4.98 Å². The smallest absolute Gasteiger partial charge is 0.231 e. The van der Waals surface area contributed by atoms with Crippen LogP contribution in [0.4, 0.5) is 0 Å². The Morgan fingerprint density at radius 2 is 2.17 bits per heavy atom. The van der Waals surface area contributed by atoms with Crippen LogP contribution in [0.3, 0.4) is 0 Å². The molecule has 4 heteroatoms. The Morgan fingerprint density at radius 3 is 2.83 bits per heavy atom. The summed E-state index contributed by atoms with van der Waals surface area (Å²) < 4.78 is 5.60. The highest BCUT2D eigenvalue weighted by atomic mass is 16.5. The van der Waals surface area contributed by atoms with Crippen LogP contribution in [0, 0.1) is 11.3 Å². The van der Waals surface area contributed by atoms with Gasteiger partial charge < -0.3 is 10.5 Å². The summed E-state index contributed by atoms with van der Waals surface area (Å²) in [5, 5.41) is 9.15. The van der Waals surface area contributed by atoms with Crippen LogP contribution in [0.5, 0.6) is 5.88 Å². The summed E-state index contributed by atoms with van der Waals surface area (Å²) in [6.45, 7) is 4.13. The first-order chi connectivity index (χ1) is 8.49. The van der Waals surface area contributed by atoms with Crippen LogP contribution >= 0.6 is 0 Å². The predicted molar refractivity (Wildman–Crippen MR) is 69.4 cm³/mol. The van der Waals surface area contributed by atoms with Gasteiger partial charge in [-0.1, -0.05) is 0 Å². The number of hydrogen-bond donors (Lipinski definition) is 1. The molecule has 0 atom stereocenters. The maximum atomic E-state index is 9.15. The SMILES string of the molecule is CC(C)(N)COc1nc2c(cc1C#N)CCCC2. The van der Waals surface area contributed by atoms with E-state index in [2.05, 4.69) is 11.1 Å². The molecule has 0 unspecified atom stereocenters. The first kappa shape index (κ1) is 12.8. The van der Waals surface area contributed by atoms with Gasteiger partial charge in [-0.3, -0.25) is 0 Å². The molecule has 0 fully saturated rings. The van der Waals surface area contributed by atoms with E-state index in [0.29, 0.717) is 18.1 Å². The van der Waals surface area contributed by atoms with Crippen LogP contribution in [-0.4, -0.2) is 17.1 Å². The zero-order valence-electron chi connectivity index (χ0n) is 11.0. The minimum absolute atomic E-state index is 0.355. The Labute approximate surface area is 108 Å². The van der Waals surface area contributed by atoms with Crippen LogP contribution in [0.25, 0.3) is 0 Å². The molecule has 1 aliphatic rings. The Morgan fingerprint density at radius 1 is 1.44 bits per heavy atom. The second-order valence-electron chi connectivity index (χ2n) is 5.54. The molecule has 96 valence electrons. The lowest BCUT2D eigenvalue weighted by Gasteiger charge is -2.21. The zero-order chi connectivity index (χ0) is 13.2. The number of nitrogens with zero attached hydrogens (tertiary/aromatic N) is 2. The number of nitriles is 1. The summed E-state index contributed by atoms with van der Waals surface area (Å²) in [4.78, 5) is 4.49. The van der Waals surface area contributed by atoms with E-state index in [1.807, 2.05) is 19.9 Å². The average molecular weight is 245 g/mol. The lowest BCUT2D eigenvalue weighted by Crippen LogP contribution is -2.39. The minimum atomic E-state index is -0.426. The van der Waals surface area contributed by atoms with Gasteiger partial charge in [0.2, 0.25) is 5.88 Å². The molecule has 0 saturated carbocycles. The monoisotopic (exact) mass is 245 g/mol. The molecule has 2 rings (SSSR count). The molecule has 1 aliphatic carbocycles. The van der Waals surface area contributed by atoms with Gasteiger partial charge in [-0.05, 0) is 51.2 Å². The summed E-state index contributed by atoms with van der Waals surface area (Å²) in [7, 11) is 0. The zero-order valence-corrected chi connectivity index (χ0v) is 11.0. The number of aromatic nitrogens is 1. The second-order valence-corrected chi connectivity index (χ2v) is 5.54. The molecule has 0 aromatic carbocycles. The average Bonchev–Trinajstić information content (AvgIpc) is 2.34. The number of pyridine rings is 1. The van der Waals surface area contributed by atoms with Gasteiger partial charge in [0, 0.05) is 11.2 Å². The highest BCUT2D eigenvalue weighted by Gasteiger charge is 2.18. The number of fused-ring (bicyclic) bond motifs is 1. The van der Waals surface area contributed by atoms with Crippen molar-refractivity contribution >= 4 is 0 Å². The lowest BCUT2D eigenvalue weighted by molar-refractivity contribution is 0.233. The molecule has 0 amide bonds. The van der Waals surface area contributed by atoms with E-state index in [1.54, 1.807) is 0 Å². The van der Waals surface area contributed by atoms with Crippen molar-refractivity contribution < 1.29 is 4.74 Å². The van der Waals surface area contributed by atoms with Crippen LogP contribution < -0.4 is 10.5 Å². The van der Waals surface area contributed by atoms with Crippen LogP contribution in [0.15, 0.2) is 6.07 Å². The highest BCUT2D eigenvalue weighted by Crippen LogP contribution is 2.25. The molecule has 1 aromatic rings. The first-order valence-corrected chi connectivity index (χ1v) is 6.34. The molecule has 0 saturated heterocycles. The maximum absolute atomic E-state index is 9.15. The molecule has 0 aliphatic heterocycles. The number of hydrogen-bond acceptors (Lipinski definition) is 4. The maximum Gasteiger partial charge on any atom is 0.231 e. The summed E-state index contributed by atoms with van der Waals surface area (Å²) in [6.07, 6.45) is 4.33. The van der Waals surface area contributed by atoms with Gasteiger partial charge in [-0.25, -0.2) is 4.98 Å². The normalized spacial score (nSPS) is 14.8. The topological polar surface area (TPSA) is 71.9 Å². The third-order valence-corrected chi connectivity index (χ3v) is 2.97. The third kappa shape index (κ3) is 2.99.